The molecule has 5 rings (SSSR count). The molecule has 5 heterocycles. The summed E-state index contributed by atoms with van der Waals surface area (Å²) in [4.78, 5) is 38.2. The topological polar surface area (TPSA) is 123 Å². The number of ether oxygens (including phenoxy) is 2. The van der Waals surface area contributed by atoms with Crippen molar-refractivity contribution >= 4 is 35.0 Å². The Morgan fingerprint density at radius 1 is 0.976 bits per heavy atom. The van der Waals surface area contributed by atoms with E-state index in [0.29, 0.717) is 63.6 Å². The second-order valence-corrected chi connectivity index (χ2v) is 10.7. The Labute approximate surface area is 234 Å². The van der Waals surface area contributed by atoms with Crippen molar-refractivity contribution in [1.29, 1.82) is 0 Å². The van der Waals surface area contributed by atoms with Crippen LogP contribution in [0.4, 0.5) is 35.7 Å². The van der Waals surface area contributed by atoms with Crippen LogP contribution in [0.3, 0.4) is 0 Å². The molecule has 41 heavy (non-hydrogen) atoms. The van der Waals surface area contributed by atoms with Gasteiger partial charge in [0.15, 0.2) is 22.8 Å². The second kappa shape index (κ2) is 11.5. The van der Waals surface area contributed by atoms with Gasteiger partial charge in [-0.3, -0.25) is 9.88 Å². The number of amides is 1. The fourth-order valence-corrected chi connectivity index (χ4v) is 4.58. The maximum absolute atomic E-state index is 13.9. The van der Waals surface area contributed by atoms with Crippen molar-refractivity contribution < 1.29 is 27.4 Å². The van der Waals surface area contributed by atoms with Crippen molar-refractivity contribution in [2.45, 2.75) is 51.9 Å². The van der Waals surface area contributed by atoms with Gasteiger partial charge in [0.1, 0.15) is 12.1 Å². The lowest BCUT2D eigenvalue weighted by Crippen LogP contribution is -2.37. The van der Waals surface area contributed by atoms with Gasteiger partial charge in [-0.1, -0.05) is 12.2 Å². The molecule has 0 aromatic carbocycles. The van der Waals surface area contributed by atoms with Gasteiger partial charge < -0.3 is 19.3 Å². The van der Waals surface area contributed by atoms with Crippen LogP contribution in [0.2, 0.25) is 0 Å². The van der Waals surface area contributed by atoms with Crippen LogP contribution in [0.1, 0.15) is 33.6 Å². The molecule has 1 amide bonds. The first-order chi connectivity index (χ1) is 19.5. The number of alkyl halides is 3. The van der Waals surface area contributed by atoms with Gasteiger partial charge in [0.2, 0.25) is 11.9 Å². The highest BCUT2D eigenvalue weighted by Crippen LogP contribution is 2.34. The molecule has 1 fully saturated rings. The maximum Gasteiger partial charge on any atom is 0.414 e. The summed E-state index contributed by atoms with van der Waals surface area (Å²) in [5.74, 6) is 0.751. The number of aromatic nitrogens is 6. The van der Waals surface area contributed by atoms with Gasteiger partial charge in [-0.25, -0.2) is 29.7 Å². The number of carbonyl (C=O) groups excluding carboxylic acids is 1. The smallest absolute Gasteiger partial charge is 0.414 e. The number of carbonyl (C=O) groups is 1. The van der Waals surface area contributed by atoms with Gasteiger partial charge in [-0.05, 0) is 33.6 Å². The van der Waals surface area contributed by atoms with Crippen LogP contribution in [0.5, 0.6) is 0 Å². The molecule has 2 aliphatic rings. The summed E-state index contributed by atoms with van der Waals surface area (Å²) in [5, 5.41) is 2.45. The third-order valence-corrected chi connectivity index (χ3v) is 6.31. The lowest BCUT2D eigenvalue weighted by atomic mass is 10.2. The first-order valence-electron chi connectivity index (χ1n) is 13.4. The molecule has 0 aliphatic carbocycles. The van der Waals surface area contributed by atoms with Crippen LogP contribution in [0, 0.1) is 0 Å². The van der Waals surface area contributed by atoms with E-state index >= 15 is 0 Å². The predicted octanol–water partition coefficient (Wildman–Crippen LogP) is 4.19. The minimum absolute atomic E-state index is 0.00310. The van der Waals surface area contributed by atoms with Gasteiger partial charge in [0.25, 0.3) is 0 Å². The molecule has 0 saturated carbocycles. The predicted molar refractivity (Wildman–Crippen MR) is 146 cm³/mol. The van der Waals surface area contributed by atoms with Crippen LogP contribution in [-0.2, 0) is 16.0 Å². The van der Waals surface area contributed by atoms with Gasteiger partial charge >= 0.3 is 12.3 Å². The third kappa shape index (κ3) is 7.01. The Balaban J connectivity index is 1.58. The number of hydrogen-bond donors (Lipinski definition) is 1. The fraction of sp³-hybridized carbons (Fsp3) is 0.538. The highest BCUT2D eigenvalue weighted by atomic mass is 19.4. The lowest BCUT2D eigenvalue weighted by Gasteiger charge is -2.28. The second-order valence-electron chi connectivity index (χ2n) is 10.7. The highest BCUT2D eigenvalue weighted by molar-refractivity contribution is 5.88. The van der Waals surface area contributed by atoms with E-state index < -0.39 is 24.4 Å². The highest BCUT2D eigenvalue weighted by Gasteiger charge is 2.34. The summed E-state index contributed by atoms with van der Waals surface area (Å²) < 4.78 is 53.5. The molecule has 1 N–H and O–H groups in total. The van der Waals surface area contributed by atoms with Crippen molar-refractivity contribution in [3.8, 4) is 11.4 Å². The minimum Gasteiger partial charge on any atom is -0.444 e. The van der Waals surface area contributed by atoms with E-state index in [1.807, 2.05) is 22.0 Å². The van der Waals surface area contributed by atoms with Crippen LogP contribution in [0.15, 0.2) is 24.5 Å². The van der Waals surface area contributed by atoms with Gasteiger partial charge in [0, 0.05) is 38.6 Å². The number of morpholine rings is 1. The molecule has 2 aliphatic heterocycles. The molecular weight excluding hydrogens is 543 g/mol. The van der Waals surface area contributed by atoms with E-state index in [4.69, 9.17) is 19.4 Å². The normalized spacial score (nSPS) is 16.6. The zero-order valence-electron chi connectivity index (χ0n) is 23.1. The van der Waals surface area contributed by atoms with E-state index in [9.17, 15) is 18.0 Å². The van der Waals surface area contributed by atoms with Crippen molar-refractivity contribution in [3.05, 3.63) is 24.5 Å². The maximum atomic E-state index is 13.9. The summed E-state index contributed by atoms with van der Waals surface area (Å²) in [6, 6.07) is 0. The van der Waals surface area contributed by atoms with Crippen molar-refractivity contribution in [2.75, 3.05) is 54.5 Å². The summed E-state index contributed by atoms with van der Waals surface area (Å²) in [6.45, 7) is 6.89. The number of halogens is 3. The number of anilines is 3. The van der Waals surface area contributed by atoms with Crippen LogP contribution in [-0.4, -0.2) is 86.8 Å². The Kier molecular flexibility index (Phi) is 7.98. The molecule has 0 unspecified atom stereocenters. The zero-order chi connectivity index (χ0) is 29.2. The van der Waals surface area contributed by atoms with Crippen LogP contribution >= 0.6 is 0 Å². The van der Waals surface area contributed by atoms with Crippen molar-refractivity contribution in [1.82, 2.24) is 29.5 Å². The first kappa shape index (κ1) is 28.5. The van der Waals surface area contributed by atoms with E-state index in [1.165, 1.54) is 12.4 Å². The summed E-state index contributed by atoms with van der Waals surface area (Å²) in [6.07, 6.45) is 3.02. The fourth-order valence-electron chi connectivity index (χ4n) is 4.58. The monoisotopic (exact) mass is 575 g/mol. The van der Waals surface area contributed by atoms with E-state index in [1.54, 1.807) is 20.8 Å². The molecule has 220 valence electrons. The summed E-state index contributed by atoms with van der Waals surface area (Å²) in [5.41, 5.74) is 0.00948. The lowest BCUT2D eigenvalue weighted by molar-refractivity contribution is -0.139. The average Bonchev–Trinajstić information content (AvgIpc) is 3.06. The van der Waals surface area contributed by atoms with E-state index in [0.717, 1.165) is 4.57 Å². The molecule has 0 spiro atoms. The minimum atomic E-state index is -4.51. The zero-order valence-corrected chi connectivity index (χ0v) is 23.1. The molecule has 1 saturated heterocycles. The van der Waals surface area contributed by atoms with E-state index in [-0.39, 0.29) is 28.9 Å². The summed E-state index contributed by atoms with van der Waals surface area (Å²) in [7, 11) is 0. The van der Waals surface area contributed by atoms with Crippen molar-refractivity contribution in [2.24, 2.45) is 0 Å². The number of nitrogens with one attached hydrogen (secondary N) is 1. The number of imidazole rings is 1. The van der Waals surface area contributed by atoms with Crippen LogP contribution < -0.4 is 15.1 Å². The van der Waals surface area contributed by atoms with Gasteiger partial charge in [0.05, 0.1) is 18.8 Å². The van der Waals surface area contributed by atoms with Crippen molar-refractivity contribution in [3.63, 3.8) is 0 Å². The molecule has 15 heteroatoms. The first-order valence-corrected chi connectivity index (χ1v) is 13.4. The molecular formula is C26H32F3N9O3. The Bertz CT molecular complexity index is 1400. The molecule has 12 nitrogen and oxygen atoms in total. The molecule has 0 radical (unpaired) electrons. The third-order valence-electron chi connectivity index (χ3n) is 6.31. The Morgan fingerprint density at radius 3 is 2.24 bits per heavy atom. The number of hydrogen-bond acceptors (Lipinski definition) is 10. The van der Waals surface area contributed by atoms with Gasteiger partial charge in [-0.15, -0.1) is 0 Å². The average molecular weight is 576 g/mol. The quantitative estimate of drug-likeness (QED) is 0.443. The number of rotatable bonds is 5. The molecule has 0 atom stereocenters. The standard InChI is InChI=1S/C26H32F3N9O3/c1-25(2,3)41-24(39)35-22-30-14-17(15-31-22)19-33-20(36-10-12-40-13-11-36)18-21(34-19)38(16-26(27,28)29)23(32-18)37-8-6-4-5-7-9-37/h4-5,14-15H,6-13,16H2,1-3H3,(H,30,31,35,39). The Morgan fingerprint density at radius 2 is 1.63 bits per heavy atom. The SMILES string of the molecule is CC(C)(C)OC(=O)Nc1ncc(-c2nc(N3CCOCC3)c3nc(N4CCC=CCC4)n(CC(F)(F)F)c3n2)cn1. The Hall–Kier alpha value is -4.01. The summed E-state index contributed by atoms with van der Waals surface area (Å²) >= 11 is 0. The molecule has 3 aromatic rings. The number of nitrogens with zero attached hydrogens (tertiary/aromatic N) is 8. The van der Waals surface area contributed by atoms with Crippen LogP contribution in [0.25, 0.3) is 22.6 Å². The van der Waals surface area contributed by atoms with Gasteiger partial charge in [-0.2, -0.15) is 13.2 Å². The van der Waals surface area contributed by atoms with E-state index in [2.05, 4.69) is 20.3 Å². The largest absolute Gasteiger partial charge is 0.444 e. The molecule has 0 bridgehead atoms. The number of fused-ring (bicyclic) bond motifs is 1. The molecule has 3 aromatic heterocycles.